The van der Waals surface area contributed by atoms with Crippen LogP contribution in [0.5, 0.6) is 0 Å². The minimum absolute atomic E-state index is 0. The third kappa shape index (κ3) is 6.04. The largest absolute Gasteiger partial charge is 0.380 e. The molecule has 0 amide bonds. The standard InChI is InChI=1S/C12H26N2O.ClH/c1-11(2)10-15-8-7-14-6-4-3-5-12(14)9-13;/h11-12H,3-10,13H2,1-2H3;1H. The van der Waals surface area contributed by atoms with Gasteiger partial charge in [-0.3, -0.25) is 4.90 Å². The molecular weight excluding hydrogens is 224 g/mol. The maximum absolute atomic E-state index is 5.76. The van der Waals surface area contributed by atoms with Gasteiger partial charge in [-0.25, -0.2) is 0 Å². The molecule has 0 spiro atoms. The normalized spacial score (nSPS) is 22.1. The first-order valence-electron chi connectivity index (χ1n) is 6.26. The molecule has 1 fully saturated rings. The molecule has 4 heteroatoms. The SMILES string of the molecule is CC(C)COCCN1CCCCC1CN.Cl. The fourth-order valence-electron chi connectivity index (χ4n) is 2.12. The van der Waals surface area contributed by atoms with Crippen LogP contribution in [0.15, 0.2) is 0 Å². The molecule has 0 aromatic rings. The van der Waals surface area contributed by atoms with Crippen molar-refractivity contribution in [3.63, 3.8) is 0 Å². The lowest BCUT2D eigenvalue weighted by Crippen LogP contribution is -2.45. The van der Waals surface area contributed by atoms with Gasteiger partial charge in [-0.1, -0.05) is 20.3 Å². The van der Waals surface area contributed by atoms with Crippen LogP contribution < -0.4 is 5.73 Å². The van der Waals surface area contributed by atoms with E-state index < -0.39 is 0 Å². The highest BCUT2D eigenvalue weighted by molar-refractivity contribution is 5.85. The summed E-state index contributed by atoms with van der Waals surface area (Å²) in [5.74, 6) is 0.636. The summed E-state index contributed by atoms with van der Waals surface area (Å²) in [7, 11) is 0. The van der Waals surface area contributed by atoms with Crippen LogP contribution in [0.2, 0.25) is 0 Å². The number of rotatable bonds is 6. The molecule has 1 rings (SSSR count). The number of nitrogens with two attached hydrogens (primary N) is 1. The zero-order valence-corrected chi connectivity index (χ0v) is 11.5. The molecule has 1 atom stereocenters. The summed E-state index contributed by atoms with van der Waals surface area (Å²) < 4.78 is 5.61. The lowest BCUT2D eigenvalue weighted by molar-refractivity contribution is 0.0620. The van der Waals surface area contributed by atoms with Crippen LogP contribution in [0.4, 0.5) is 0 Å². The number of likely N-dealkylation sites (tertiary alicyclic amines) is 1. The second kappa shape index (κ2) is 9.23. The summed E-state index contributed by atoms with van der Waals surface area (Å²) in [5, 5.41) is 0. The van der Waals surface area contributed by atoms with Crippen molar-refractivity contribution in [2.45, 2.75) is 39.2 Å². The third-order valence-corrected chi connectivity index (χ3v) is 3.00. The number of hydrogen-bond acceptors (Lipinski definition) is 3. The van der Waals surface area contributed by atoms with Gasteiger partial charge in [0.05, 0.1) is 6.61 Å². The summed E-state index contributed by atoms with van der Waals surface area (Å²) >= 11 is 0. The molecule has 0 saturated carbocycles. The van der Waals surface area contributed by atoms with Crippen molar-refractivity contribution < 1.29 is 4.74 Å². The van der Waals surface area contributed by atoms with Crippen molar-refractivity contribution in [3.05, 3.63) is 0 Å². The van der Waals surface area contributed by atoms with E-state index in [4.69, 9.17) is 10.5 Å². The summed E-state index contributed by atoms with van der Waals surface area (Å²) in [6.07, 6.45) is 3.92. The van der Waals surface area contributed by atoms with E-state index >= 15 is 0 Å². The first-order valence-corrected chi connectivity index (χ1v) is 6.26. The summed E-state index contributed by atoms with van der Waals surface area (Å²) in [4.78, 5) is 2.49. The summed E-state index contributed by atoms with van der Waals surface area (Å²) in [6, 6.07) is 0.599. The van der Waals surface area contributed by atoms with Gasteiger partial charge in [-0.05, 0) is 25.3 Å². The van der Waals surface area contributed by atoms with Crippen molar-refractivity contribution in [1.82, 2.24) is 4.90 Å². The highest BCUT2D eigenvalue weighted by Crippen LogP contribution is 2.15. The van der Waals surface area contributed by atoms with E-state index in [0.717, 1.165) is 26.3 Å². The minimum atomic E-state index is 0. The predicted molar refractivity (Wildman–Crippen MR) is 71.2 cm³/mol. The number of halogens is 1. The highest BCUT2D eigenvalue weighted by Gasteiger charge is 2.20. The first kappa shape index (κ1) is 16.2. The monoisotopic (exact) mass is 250 g/mol. The molecule has 0 radical (unpaired) electrons. The van der Waals surface area contributed by atoms with Gasteiger partial charge < -0.3 is 10.5 Å². The van der Waals surface area contributed by atoms with Crippen LogP contribution in [0.25, 0.3) is 0 Å². The highest BCUT2D eigenvalue weighted by atomic mass is 35.5. The Morgan fingerprint density at radius 1 is 1.38 bits per heavy atom. The lowest BCUT2D eigenvalue weighted by Gasteiger charge is -2.34. The minimum Gasteiger partial charge on any atom is -0.380 e. The Bertz CT molecular complexity index is 167. The molecule has 1 aliphatic rings. The maximum Gasteiger partial charge on any atom is 0.0593 e. The molecule has 98 valence electrons. The number of nitrogens with zero attached hydrogens (tertiary/aromatic N) is 1. The average molecular weight is 251 g/mol. The maximum atomic E-state index is 5.76. The van der Waals surface area contributed by atoms with E-state index in [2.05, 4.69) is 18.7 Å². The van der Waals surface area contributed by atoms with Gasteiger partial charge in [-0.2, -0.15) is 0 Å². The number of ether oxygens (including phenoxy) is 1. The first-order chi connectivity index (χ1) is 7.24. The molecular formula is C12H27ClN2O. The average Bonchev–Trinajstić information content (AvgIpc) is 2.24. The van der Waals surface area contributed by atoms with Gasteiger partial charge >= 0.3 is 0 Å². The smallest absolute Gasteiger partial charge is 0.0593 e. The predicted octanol–water partition coefficient (Wildman–Crippen LogP) is 1.89. The fraction of sp³-hybridized carbons (Fsp3) is 1.00. The third-order valence-electron chi connectivity index (χ3n) is 3.00. The zero-order chi connectivity index (χ0) is 11.1. The molecule has 1 heterocycles. The Hall–Kier alpha value is 0.170. The lowest BCUT2D eigenvalue weighted by atomic mass is 10.0. The van der Waals surface area contributed by atoms with Gasteiger partial charge in [0.1, 0.15) is 0 Å². The van der Waals surface area contributed by atoms with E-state index in [9.17, 15) is 0 Å². The Morgan fingerprint density at radius 2 is 2.12 bits per heavy atom. The molecule has 0 aromatic heterocycles. The van der Waals surface area contributed by atoms with E-state index in [0.29, 0.717) is 12.0 Å². The summed E-state index contributed by atoms with van der Waals surface area (Å²) in [6.45, 7) is 9.15. The van der Waals surface area contributed by atoms with E-state index in [-0.39, 0.29) is 12.4 Å². The molecule has 1 unspecified atom stereocenters. The zero-order valence-electron chi connectivity index (χ0n) is 10.7. The van der Waals surface area contributed by atoms with Crippen molar-refractivity contribution in [1.29, 1.82) is 0 Å². The molecule has 16 heavy (non-hydrogen) atoms. The Balaban J connectivity index is 0.00000225. The van der Waals surface area contributed by atoms with Crippen LogP contribution in [0, 0.1) is 5.92 Å². The van der Waals surface area contributed by atoms with Crippen molar-refractivity contribution >= 4 is 12.4 Å². The van der Waals surface area contributed by atoms with Crippen molar-refractivity contribution in [2.24, 2.45) is 11.7 Å². The number of piperidine rings is 1. The quantitative estimate of drug-likeness (QED) is 0.732. The Labute approximate surface area is 106 Å². The Kier molecular flexibility index (Phi) is 9.32. The molecule has 0 aliphatic carbocycles. The van der Waals surface area contributed by atoms with Crippen LogP contribution in [0.3, 0.4) is 0 Å². The van der Waals surface area contributed by atoms with Crippen LogP contribution in [0.1, 0.15) is 33.1 Å². The van der Waals surface area contributed by atoms with Crippen molar-refractivity contribution in [2.75, 3.05) is 32.8 Å². The van der Waals surface area contributed by atoms with Crippen LogP contribution >= 0.6 is 12.4 Å². The van der Waals surface area contributed by atoms with Gasteiger partial charge in [0.25, 0.3) is 0 Å². The molecule has 1 aliphatic heterocycles. The van der Waals surface area contributed by atoms with Gasteiger partial charge in [-0.15, -0.1) is 12.4 Å². The number of hydrogen-bond donors (Lipinski definition) is 1. The topological polar surface area (TPSA) is 38.5 Å². The molecule has 0 bridgehead atoms. The molecule has 0 aromatic carbocycles. The second-order valence-corrected chi connectivity index (χ2v) is 4.89. The Morgan fingerprint density at radius 3 is 2.75 bits per heavy atom. The second-order valence-electron chi connectivity index (χ2n) is 4.89. The van der Waals surface area contributed by atoms with Gasteiger partial charge in [0.15, 0.2) is 0 Å². The van der Waals surface area contributed by atoms with Gasteiger partial charge in [0.2, 0.25) is 0 Å². The van der Waals surface area contributed by atoms with E-state index in [1.807, 2.05) is 0 Å². The van der Waals surface area contributed by atoms with Crippen molar-refractivity contribution in [3.8, 4) is 0 Å². The fourth-order valence-corrected chi connectivity index (χ4v) is 2.12. The molecule has 1 saturated heterocycles. The van der Waals surface area contributed by atoms with Gasteiger partial charge in [0, 0.05) is 25.7 Å². The van der Waals surface area contributed by atoms with Crippen LogP contribution in [-0.2, 0) is 4.74 Å². The van der Waals surface area contributed by atoms with Crippen LogP contribution in [-0.4, -0.2) is 43.8 Å². The molecule has 3 nitrogen and oxygen atoms in total. The van der Waals surface area contributed by atoms with E-state index in [1.165, 1.54) is 25.8 Å². The van der Waals surface area contributed by atoms with E-state index in [1.54, 1.807) is 0 Å². The summed E-state index contributed by atoms with van der Waals surface area (Å²) in [5.41, 5.74) is 5.76. The molecule has 2 N–H and O–H groups in total.